The molecule has 71 heavy (non-hydrogen) atoms. The van der Waals surface area contributed by atoms with Crippen LogP contribution in [0.2, 0.25) is 0 Å². The minimum Gasteiger partial charge on any atom is -0.462 e. The predicted octanol–water partition coefficient (Wildman–Crippen LogP) is 9.33. The van der Waals surface area contributed by atoms with Gasteiger partial charge in [0.1, 0.15) is 55.4 Å². The standard InChI is InChI=1S/C56H104O15/c1-3-5-7-9-11-13-15-17-18-19-20-21-22-23-24-25-26-27-29-31-33-35-37-39-48(59)69-44(41-66-47(58)38-36-34-32-30-28-16-14-12-10-8-6-4-2)42-67-55-54(65)52(63)50(61)46(71-55)43-68-56-53(64)51(62)49(60)45(40-57)70-56/h19-20,44-46,49-57,60-65H,3-18,21-43H2,1-2H3/b20-19-. The van der Waals surface area contributed by atoms with E-state index in [1.807, 2.05) is 0 Å². The Hall–Kier alpha value is -1.76. The van der Waals surface area contributed by atoms with Gasteiger partial charge in [-0.25, -0.2) is 0 Å². The van der Waals surface area contributed by atoms with Crippen molar-refractivity contribution in [1.29, 1.82) is 0 Å². The van der Waals surface area contributed by atoms with Crippen molar-refractivity contribution < 1.29 is 73.8 Å². The van der Waals surface area contributed by atoms with Crippen LogP contribution in [0, 0.1) is 0 Å². The van der Waals surface area contributed by atoms with Crippen LogP contribution in [0.1, 0.15) is 239 Å². The van der Waals surface area contributed by atoms with Crippen molar-refractivity contribution >= 4 is 11.9 Å². The molecule has 2 heterocycles. The van der Waals surface area contributed by atoms with Crippen LogP contribution in [0.5, 0.6) is 0 Å². The molecule has 11 atom stereocenters. The molecule has 0 amide bonds. The maximum absolute atomic E-state index is 13.1. The molecule has 0 aromatic rings. The van der Waals surface area contributed by atoms with E-state index in [1.165, 1.54) is 161 Å². The summed E-state index contributed by atoms with van der Waals surface area (Å²) in [5, 5.41) is 72.2. The quantitative estimate of drug-likeness (QED) is 0.0171. The maximum Gasteiger partial charge on any atom is 0.306 e. The Bertz CT molecular complexity index is 1290. The van der Waals surface area contributed by atoms with Crippen LogP contribution >= 0.6 is 0 Å². The van der Waals surface area contributed by atoms with E-state index in [1.54, 1.807) is 0 Å². The lowest BCUT2D eigenvalue weighted by atomic mass is 9.98. The van der Waals surface area contributed by atoms with Crippen LogP contribution in [0.3, 0.4) is 0 Å². The number of unbranched alkanes of at least 4 members (excludes halogenated alkanes) is 30. The van der Waals surface area contributed by atoms with E-state index in [0.717, 1.165) is 38.5 Å². The number of esters is 2. The Balaban J connectivity index is 1.72. The van der Waals surface area contributed by atoms with Crippen molar-refractivity contribution in [2.45, 2.75) is 306 Å². The largest absolute Gasteiger partial charge is 0.462 e. The zero-order valence-corrected chi connectivity index (χ0v) is 44.5. The van der Waals surface area contributed by atoms with Gasteiger partial charge < -0.3 is 64.2 Å². The average molecular weight is 1020 g/mol. The molecule has 0 aromatic carbocycles. The van der Waals surface area contributed by atoms with Crippen molar-refractivity contribution in [2.75, 3.05) is 26.4 Å². The molecule has 0 aromatic heterocycles. The number of allylic oxidation sites excluding steroid dienone is 2. The Labute approximate surface area is 429 Å². The molecule has 15 heteroatoms. The molecule has 2 saturated heterocycles. The summed E-state index contributed by atoms with van der Waals surface area (Å²) in [7, 11) is 0. The highest BCUT2D eigenvalue weighted by Crippen LogP contribution is 2.27. The molecule has 0 spiro atoms. The molecular formula is C56H104O15. The normalized spacial score (nSPS) is 25.2. The highest BCUT2D eigenvalue weighted by atomic mass is 16.7. The van der Waals surface area contributed by atoms with Gasteiger partial charge in [0.25, 0.3) is 0 Å². The van der Waals surface area contributed by atoms with Crippen LogP contribution in [0.25, 0.3) is 0 Å². The third kappa shape index (κ3) is 31.0. The molecule has 7 N–H and O–H groups in total. The summed E-state index contributed by atoms with van der Waals surface area (Å²) in [6.45, 7) is 2.62. The highest BCUT2D eigenvalue weighted by Gasteiger charge is 2.47. The Morgan fingerprint density at radius 1 is 0.437 bits per heavy atom. The molecule has 2 fully saturated rings. The molecule has 0 saturated carbocycles. The summed E-state index contributed by atoms with van der Waals surface area (Å²) in [6.07, 6.45) is 28.1. The van der Waals surface area contributed by atoms with E-state index in [9.17, 15) is 45.3 Å². The lowest BCUT2D eigenvalue weighted by Gasteiger charge is -2.42. The second kappa shape index (κ2) is 43.5. The molecular weight excluding hydrogens is 913 g/mol. The summed E-state index contributed by atoms with van der Waals surface area (Å²) < 4.78 is 33.7. The molecule has 2 rings (SSSR count). The van der Waals surface area contributed by atoms with Crippen molar-refractivity contribution in [1.82, 2.24) is 0 Å². The predicted molar refractivity (Wildman–Crippen MR) is 275 cm³/mol. The second-order valence-electron chi connectivity index (χ2n) is 20.5. The number of carbonyl (C=O) groups is 2. The number of carbonyl (C=O) groups excluding carboxylic acids is 2. The summed E-state index contributed by atoms with van der Waals surface area (Å²) >= 11 is 0. The van der Waals surface area contributed by atoms with Gasteiger partial charge in [0.2, 0.25) is 0 Å². The average Bonchev–Trinajstić information content (AvgIpc) is 3.36. The number of hydrogen-bond donors (Lipinski definition) is 7. The third-order valence-corrected chi connectivity index (χ3v) is 14.0. The van der Waals surface area contributed by atoms with Crippen molar-refractivity contribution in [3.8, 4) is 0 Å². The second-order valence-corrected chi connectivity index (χ2v) is 20.5. The van der Waals surface area contributed by atoms with Gasteiger partial charge >= 0.3 is 11.9 Å². The van der Waals surface area contributed by atoms with Gasteiger partial charge in [-0.15, -0.1) is 0 Å². The molecule has 2 aliphatic heterocycles. The zero-order chi connectivity index (χ0) is 51.7. The van der Waals surface area contributed by atoms with E-state index in [4.69, 9.17) is 28.4 Å². The molecule has 15 nitrogen and oxygen atoms in total. The van der Waals surface area contributed by atoms with E-state index < -0.39 is 92.7 Å². The lowest BCUT2D eigenvalue weighted by molar-refractivity contribution is -0.332. The van der Waals surface area contributed by atoms with E-state index in [2.05, 4.69) is 26.0 Å². The van der Waals surface area contributed by atoms with E-state index in [-0.39, 0.29) is 26.1 Å². The molecule has 0 bridgehead atoms. The van der Waals surface area contributed by atoms with Gasteiger partial charge in [-0.2, -0.15) is 0 Å². The monoisotopic (exact) mass is 1020 g/mol. The van der Waals surface area contributed by atoms with Gasteiger partial charge in [-0.1, -0.05) is 199 Å². The fourth-order valence-corrected chi connectivity index (χ4v) is 9.27. The van der Waals surface area contributed by atoms with Crippen LogP contribution < -0.4 is 0 Å². The van der Waals surface area contributed by atoms with Gasteiger partial charge in [0.15, 0.2) is 18.7 Å². The SMILES string of the molecule is CCCCCCCCCC/C=C\CCCCCCCCCCCCCC(=O)OC(COC(=O)CCCCCCCCCCCCCC)COC1OC(COC2OC(CO)C(O)C(O)C2O)C(O)C(O)C1O. The van der Waals surface area contributed by atoms with Crippen LogP contribution in [0.4, 0.5) is 0 Å². The number of hydrogen-bond acceptors (Lipinski definition) is 15. The van der Waals surface area contributed by atoms with Gasteiger partial charge in [-0.3, -0.25) is 9.59 Å². The number of aliphatic hydroxyl groups excluding tert-OH is 7. The van der Waals surface area contributed by atoms with Crippen molar-refractivity contribution in [2.24, 2.45) is 0 Å². The van der Waals surface area contributed by atoms with E-state index in [0.29, 0.717) is 12.8 Å². The summed E-state index contributed by atoms with van der Waals surface area (Å²) in [4.78, 5) is 25.8. The Kier molecular flexibility index (Phi) is 40.0. The fourth-order valence-electron chi connectivity index (χ4n) is 9.27. The highest BCUT2D eigenvalue weighted by molar-refractivity contribution is 5.70. The van der Waals surface area contributed by atoms with Crippen molar-refractivity contribution in [3.05, 3.63) is 12.2 Å². The van der Waals surface area contributed by atoms with Gasteiger partial charge in [-0.05, 0) is 38.5 Å². The summed E-state index contributed by atoms with van der Waals surface area (Å²) in [6, 6.07) is 0. The number of ether oxygens (including phenoxy) is 6. The zero-order valence-electron chi connectivity index (χ0n) is 44.5. The molecule has 11 unspecified atom stereocenters. The first kappa shape index (κ1) is 65.4. The summed E-state index contributed by atoms with van der Waals surface area (Å²) in [5.74, 6) is -0.913. The minimum absolute atomic E-state index is 0.169. The minimum atomic E-state index is -1.76. The van der Waals surface area contributed by atoms with E-state index >= 15 is 0 Å². The topological polar surface area (TPSA) is 231 Å². The van der Waals surface area contributed by atoms with Gasteiger partial charge in [0, 0.05) is 12.8 Å². The van der Waals surface area contributed by atoms with Crippen molar-refractivity contribution in [3.63, 3.8) is 0 Å². The third-order valence-electron chi connectivity index (χ3n) is 14.0. The number of aliphatic hydroxyl groups is 7. The molecule has 2 aliphatic rings. The smallest absolute Gasteiger partial charge is 0.306 e. The Morgan fingerprint density at radius 2 is 0.803 bits per heavy atom. The first-order valence-electron chi connectivity index (χ1n) is 28.8. The molecule has 0 radical (unpaired) electrons. The van der Waals surface area contributed by atoms with Crippen LogP contribution in [-0.4, -0.2) is 142 Å². The first-order chi connectivity index (χ1) is 34.5. The molecule has 418 valence electrons. The maximum atomic E-state index is 13.1. The lowest BCUT2D eigenvalue weighted by Crippen LogP contribution is -2.61. The molecule has 0 aliphatic carbocycles. The van der Waals surface area contributed by atoms with Gasteiger partial charge in [0.05, 0.1) is 19.8 Å². The van der Waals surface area contributed by atoms with Crippen LogP contribution in [0.15, 0.2) is 12.2 Å². The summed E-state index contributed by atoms with van der Waals surface area (Å²) in [5.41, 5.74) is 0. The van der Waals surface area contributed by atoms with Crippen LogP contribution in [-0.2, 0) is 38.0 Å². The Morgan fingerprint density at radius 3 is 1.24 bits per heavy atom. The fraction of sp³-hybridized carbons (Fsp3) is 0.929. The first-order valence-corrected chi connectivity index (χ1v) is 28.8. The number of rotatable bonds is 46.